The summed E-state index contributed by atoms with van der Waals surface area (Å²) in [4.78, 5) is 0. The van der Waals surface area contributed by atoms with Crippen LogP contribution in [0.5, 0.6) is 5.75 Å². The number of nitrogens with two attached hydrogens (primary N) is 1. The predicted octanol–water partition coefficient (Wildman–Crippen LogP) is 7.37. The fraction of sp³-hybridized carbons (Fsp3) is 0.565. The number of nitrogens with one attached hydrogen (secondary N) is 1. The van der Waals surface area contributed by atoms with E-state index in [2.05, 4.69) is 58.3 Å². The summed E-state index contributed by atoms with van der Waals surface area (Å²) in [6.45, 7) is 19.3. The van der Waals surface area contributed by atoms with Crippen LogP contribution in [0.25, 0.3) is 0 Å². The number of nitrogen functional groups attached to an aromatic ring is 1. The molecule has 0 saturated carbocycles. The van der Waals surface area contributed by atoms with Crippen molar-refractivity contribution >= 4 is 5.69 Å². The Hall–Kier alpha value is -1.74. The molecule has 0 spiro atoms. The first-order valence-corrected chi connectivity index (χ1v) is 10.1. The zero-order valence-electron chi connectivity index (χ0n) is 18.7. The minimum atomic E-state index is 0.551. The summed E-state index contributed by atoms with van der Waals surface area (Å²) in [5, 5.41) is 0. The van der Waals surface area contributed by atoms with Crippen LogP contribution in [0.1, 0.15) is 75.2 Å². The van der Waals surface area contributed by atoms with Crippen molar-refractivity contribution in [3.05, 3.63) is 48.1 Å². The third-order valence-electron chi connectivity index (χ3n) is 2.59. The summed E-state index contributed by atoms with van der Waals surface area (Å²) in [6.07, 6.45) is 8.78. The summed E-state index contributed by atoms with van der Waals surface area (Å²) >= 11 is 0. The third kappa shape index (κ3) is 18.6. The van der Waals surface area contributed by atoms with Crippen LogP contribution in [0.2, 0.25) is 0 Å². The summed E-state index contributed by atoms with van der Waals surface area (Å²) in [5.41, 5.74) is 4.67. The van der Waals surface area contributed by atoms with Gasteiger partial charge in [-0.15, -0.1) is 0 Å². The van der Waals surface area contributed by atoms with Crippen molar-refractivity contribution in [3.63, 3.8) is 0 Å². The van der Waals surface area contributed by atoms with Crippen molar-refractivity contribution in [1.82, 2.24) is 0 Å². The number of ether oxygens (including phenoxy) is 1. The summed E-state index contributed by atoms with van der Waals surface area (Å²) in [7, 11) is 0. The van der Waals surface area contributed by atoms with E-state index in [9.17, 15) is 0 Å². The highest BCUT2D eigenvalue weighted by atomic mass is 16.5. The molecule has 0 aliphatic heterocycles. The topological polar surface area (TPSA) is 47.3 Å². The maximum Gasteiger partial charge on any atom is 0.119 e. The quantitative estimate of drug-likeness (QED) is 0.301. The highest BCUT2D eigenvalue weighted by molar-refractivity contribution is 5.45. The number of hydrogen-bond donors (Lipinski definition) is 2. The Morgan fingerprint density at radius 3 is 1.92 bits per heavy atom. The molecule has 3 heteroatoms. The van der Waals surface area contributed by atoms with Gasteiger partial charge in [0.15, 0.2) is 0 Å². The molecule has 0 heterocycles. The Kier molecular flexibility index (Phi) is 26.0. The maximum absolute atomic E-state index is 5.76. The normalized spacial score (nSPS) is 10.0. The van der Waals surface area contributed by atoms with Gasteiger partial charge in [-0.3, -0.25) is 5.84 Å². The van der Waals surface area contributed by atoms with Gasteiger partial charge in [-0.05, 0) is 42.2 Å². The van der Waals surface area contributed by atoms with Crippen LogP contribution in [0.3, 0.4) is 0 Å². The molecule has 0 radical (unpaired) electrons. The van der Waals surface area contributed by atoms with Gasteiger partial charge < -0.3 is 10.2 Å². The van der Waals surface area contributed by atoms with Crippen LogP contribution < -0.4 is 16.0 Å². The van der Waals surface area contributed by atoms with Crippen LogP contribution in [-0.4, -0.2) is 6.61 Å². The molecule has 0 amide bonds. The average molecular weight is 365 g/mol. The summed E-state index contributed by atoms with van der Waals surface area (Å²) < 4.78 is 5.76. The lowest BCUT2D eigenvalue weighted by Crippen LogP contribution is -2.06. The van der Waals surface area contributed by atoms with Crippen LogP contribution in [0, 0.1) is 5.92 Å². The van der Waals surface area contributed by atoms with Gasteiger partial charge in [0.05, 0.1) is 0 Å². The Morgan fingerprint density at radius 2 is 1.54 bits per heavy atom. The Labute approximate surface area is 163 Å². The van der Waals surface area contributed by atoms with Crippen molar-refractivity contribution in [3.8, 4) is 5.75 Å². The molecule has 152 valence electrons. The van der Waals surface area contributed by atoms with E-state index in [0.29, 0.717) is 12.5 Å². The van der Waals surface area contributed by atoms with E-state index >= 15 is 0 Å². The second-order valence-corrected chi connectivity index (χ2v) is 5.45. The number of hydrazine groups is 1. The van der Waals surface area contributed by atoms with E-state index in [1.54, 1.807) is 0 Å². The SMILES string of the molecule is CC.CC.CC/C=C(\C=C/C(C)C)COc1ccc(NN)cc1.CCC. The highest BCUT2D eigenvalue weighted by Gasteiger charge is 1.97. The molecule has 0 fully saturated rings. The van der Waals surface area contributed by atoms with E-state index in [1.165, 1.54) is 12.0 Å². The van der Waals surface area contributed by atoms with Gasteiger partial charge in [0.25, 0.3) is 0 Å². The van der Waals surface area contributed by atoms with E-state index in [-0.39, 0.29) is 0 Å². The standard InChI is InChI=1S/C16H24N2O.C3H8.2C2H6/c1-4-5-14(7-6-13(2)3)12-19-16-10-8-15(18-17)9-11-16;1-3-2;2*1-2/h5-11,13,18H,4,12,17H2,1-3H3;3H2,1-2H3;2*1-2H3/b7-6-,14-5+;;;. The summed E-state index contributed by atoms with van der Waals surface area (Å²) in [6, 6.07) is 7.60. The predicted molar refractivity (Wildman–Crippen MR) is 121 cm³/mol. The number of allylic oxidation sites excluding steroid dienone is 2. The molecule has 0 bridgehead atoms. The number of benzene rings is 1. The fourth-order valence-corrected chi connectivity index (χ4v) is 1.57. The minimum Gasteiger partial charge on any atom is -0.489 e. The van der Waals surface area contributed by atoms with Crippen LogP contribution in [0.4, 0.5) is 5.69 Å². The first kappa shape index (κ1) is 29.0. The first-order valence-electron chi connectivity index (χ1n) is 10.1. The molecule has 3 nitrogen and oxygen atoms in total. The van der Waals surface area contributed by atoms with Gasteiger partial charge in [-0.1, -0.05) is 87.0 Å². The molecular weight excluding hydrogens is 320 g/mol. The lowest BCUT2D eigenvalue weighted by Gasteiger charge is -2.08. The van der Waals surface area contributed by atoms with Crippen molar-refractivity contribution in [2.75, 3.05) is 12.0 Å². The maximum atomic E-state index is 5.76. The average Bonchev–Trinajstić information content (AvgIpc) is 2.68. The second-order valence-electron chi connectivity index (χ2n) is 5.45. The Morgan fingerprint density at radius 1 is 1.04 bits per heavy atom. The molecule has 1 aromatic rings. The molecule has 0 aromatic heterocycles. The highest BCUT2D eigenvalue weighted by Crippen LogP contribution is 2.16. The van der Waals surface area contributed by atoms with Crippen molar-refractivity contribution < 1.29 is 4.74 Å². The molecule has 0 unspecified atom stereocenters. The molecule has 0 atom stereocenters. The van der Waals surface area contributed by atoms with Crippen molar-refractivity contribution in [2.45, 2.75) is 75.2 Å². The number of hydrogen-bond acceptors (Lipinski definition) is 3. The lowest BCUT2D eigenvalue weighted by atomic mass is 10.1. The number of anilines is 1. The lowest BCUT2D eigenvalue weighted by molar-refractivity contribution is 0.355. The largest absolute Gasteiger partial charge is 0.489 e. The molecule has 0 aliphatic rings. The van der Waals surface area contributed by atoms with Gasteiger partial charge in [0, 0.05) is 5.69 Å². The van der Waals surface area contributed by atoms with E-state index in [1.807, 2.05) is 52.0 Å². The van der Waals surface area contributed by atoms with Crippen LogP contribution in [-0.2, 0) is 0 Å². The van der Waals surface area contributed by atoms with E-state index in [4.69, 9.17) is 10.6 Å². The van der Waals surface area contributed by atoms with Crippen molar-refractivity contribution in [1.29, 1.82) is 0 Å². The molecule has 1 aromatic carbocycles. The Balaban J connectivity index is -0.000000663. The first-order chi connectivity index (χ1) is 12.6. The van der Waals surface area contributed by atoms with Crippen LogP contribution in [0.15, 0.2) is 48.1 Å². The molecule has 0 saturated heterocycles. The molecular formula is C23H44N2O. The van der Waals surface area contributed by atoms with Gasteiger partial charge in [-0.25, -0.2) is 0 Å². The zero-order chi connectivity index (χ0) is 20.8. The van der Waals surface area contributed by atoms with E-state index in [0.717, 1.165) is 17.9 Å². The van der Waals surface area contributed by atoms with Crippen molar-refractivity contribution in [2.24, 2.45) is 11.8 Å². The molecule has 26 heavy (non-hydrogen) atoms. The summed E-state index contributed by atoms with van der Waals surface area (Å²) in [5.74, 6) is 6.72. The van der Waals surface area contributed by atoms with Gasteiger partial charge in [0.2, 0.25) is 0 Å². The number of rotatable bonds is 7. The third-order valence-corrected chi connectivity index (χ3v) is 2.59. The molecule has 1 rings (SSSR count). The second kappa shape index (κ2) is 23.3. The van der Waals surface area contributed by atoms with Crippen LogP contribution >= 0.6 is 0 Å². The fourth-order valence-electron chi connectivity index (χ4n) is 1.57. The zero-order valence-corrected chi connectivity index (χ0v) is 18.7. The van der Waals surface area contributed by atoms with Gasteiger partial charge in [0.1, 0.15) is 12.4 Å². The smallest absolute Gasteiger partial charge is 0.119 e. The molecule has 0 aliphatic carbocycles. The molecule has 3 N–H and O–H groups in total. The monoisotopic (exact) mass is 364 g/mol. The van der Waals surface area contributed by atoms with Gasteiger partial charge >= 0.3 is 0 Å². The van der Waals surface area contributed by atoms with Gasteiger partial charge in [-0.2, -0.15) is 0 Å². The minimum absolute atomic E-state index is 0.551. The Bertz CT molecular complexity index is 434. The van der Waals surface area contributed by atoms with E-state index < -0.39 is 0 Å².